The van der Waals surface area contributed by atoms with Crippen LogP contribution in [0.1, 0.15) is 11.3 Å². The molecule has 4 nitrogen and oxygen atoms in total. The molecule has 0 aliphatic heterocycles. The van der Waals surface area contributed by atoms with E-state index < -0.39 is 0 Å². The Bertz CT molecular complexity index is 382. The quantitative estimate of drug-likeness (QED) is 0.769. The lowest BCUT2D eigenvalue weighted by Gasteiger charge is -2.14. The van der Waals surface area contributed by atoms with E-state index in [-0.39, 0.29) is 5.56 Å². The van der Waals surface area contributed by atoms with Crippen molar-refractivity contribution in [3.8, 4) is 0 Å². The number of nitrogens with two attached hydrogens (primary N) is 1. The molecule has 0 saturated carbocycles. The lowest BCUT2D eigenvalue weighted by molar-refractivity contribution is 0.378. The molecule has 2 N–H and O–H groups in total. The highest BCUT2D eigenvalue weighted by molar-refractivity contribution is 5.15. The first kappa shape index (κ1) is 11.9. The fraction of sp³-hybridized carbons (Fsp3) is 0.545. The van der Waals surface area contributed by atoms with Crippen molar-refractivity contribution in [2.24, 2.45) is 5.73 Å². The molecule has 4 heteroatoms. The molecule has 0 amide bonds. The first-order valence-corrected chi connectivity index (χ1v) is 5.10. The van der Waals surface area contributed by atoms with Crippen LogP contribution in [0.2, 0.25) is 0 Å². The lowest BCUT2D eigenvalue weighted by atomic mass is 10.2. The Morgan fingerprint density at radius 1 is 1.40 bits per heavy atom. The van der Waals surface area contributed by atoms with Crippen molar-refractivity contribution in [2.45, 2.75) is 20.0 Å². The minimum Gasteiger partial charge on any atom is -0.326 e. The zero-order valence-electron chi connectivity index (χ0n) is 9.66. The summed E-state index contributed by atoms with van der Waals surface area (Å²) >= 11 is 0. The van der Waals surface area contributed by atoms with Crippen LogP contribution in [0.5, 0.6) is 0 Å². The Hall–Kier alpha value is -1.13. The van der Waals surface area contributed by atoms with Gasteiger partial charge in [-0.1, -0.05) is 6.07 Å². The van der Waals surface area contributed by atoms with Crippen molar-refractivity contribution < 1.29 is 0 Å². The van der Waals surface area contributed by atoms with Crippen molar-refractivity contribution in [1.82, 2.24) is 9.47 Å². The van der Waals surface area contributed by atoms with Gasteiger partial charge in [0.1, 0.15) is 0 Å². The second-order valence-corrected chi connectivity index (χ2v) is 3.96. The van der Waals surface area contributed by atoms with Crippen molar-refractivity contribution in [2.75, 3.05) is 20.6 Å². The van der Waals surface area contributed by atoms with E-state index in [0.717, 1.165) is 12.2 Å². The van der Waals surface area contributed by atoms with Gasteiger partial charge in [-0.2, -0.15) is 0 Å². The van der Waals surface area contributed by atoms with E-state index in [2.05, 4.69) is 4.90 Å². The summed E-state index contributed by atoms with van der Waals surface area (Å²) in [7, 11) is 3.99. The number of likely N-dealkylation sites (N-methyl/N-ethyl adjacent to an activating group) is 1. The highest BCUT2D eigenvalue weighted by Gasteiger charge is 2.04. The minimum absolute atomic E-state index is 0.0411. The highest BCUT2D eigenvalue weighted by Crippen LogP contribution is 1.98. The average Bonchev–Trinajstić information content (AvgIpc) is 2.17. The molecule has 0 radical (unpaired) electrons. The molecule has 1 rings (SSSR count). The number of rotatable bonds is 4. The maximum Gasteiger partial charge on any atom is 0.255 e. The highest BCUT2D eigenvalue weighted by atomic mass is 16.1. The number of hydrogen-bond donors (Lipinski definition) is 1. The van der Waals surface area contributed by atoms with E-state index in [0.29, 0.717) is 18.7 Å². The van der Waals surface area contributed by atoms with E-state index in [1.807, 2.05) is 33.2 Å². The molecule has 0 saturated heterocycles. The maximum absolute atomic E-state index is 11.9. The molecule has 0 bridgehead atoms. The number of pyridine rings is 1. The molecule has 84 valence electrons. The predicted octanol–water partition coefficient (Wildman–Crippen LogP) is 0.177. The van der Waals surface area contributed by atoms with Crippen LogP contribution in [0, 0.1) is 6.92 Å². The van der Waals surface area contributed by atoms with E-state index >= 15 is 0 Å². The van der Waals surface area contributed by atoms with Crippen LogP contribution in [0.15, 0.2) is 16.9 Å². The fourth-order valence-corrected chi connectivity index (χ4v) is 1.45. The van der Waals surface area contributed by atoms with Crippen LogP contribution >= 0.6 is 0 Å². The number of aryl methyl sites for hydroxylation is 1. The molecular formula is C11H19N3O. The molecule has 0 aliphatic rings. The third kappa shape index (κ3) is 2.91. The fourth-order valence-electron chi connectivity index (χ4n) is 1.45. The van der Waals surface area contributed by atoms with Gasteiger partial charge in [0.2, 0.25) is 0 Å². The summed E-state index contributed by atoms with van der Waals surface area (Å²) in [5.74, 6) is 0. The van der Waals surface area contributed by atoms with Crippen molar-refractivity contribution >= 4 is 0 Å². The first-order chi connectivity index (χ1) is 7.06. The molecule has 1 aromatic heterocycles. The number of aromatic nitrogens is 1. The van der Waals surface area contributed by atoms with Crippen molar-refractivity contribution in [3.63, 3.8) is 0 Å². The van der Waals surface area contributed by atoms with Gasteiger partial charge < -0.3 is 15.2 Å². The van der Waals surface area contributed by atoms with Gasteiger partial charge in [-0.15, -0.1) is 0 Å². The van der Waals surface area contributed by atoms with Crippen LogP contribution in [0.4, 0.5) is 0 Å². The lowest BCUT2D eigenvalue weighted by Crippen LogP contribution is -2.30. The zero-order valence-corrected chi connectivity index (χ0v) is 9.66. The molecule has 1 aromatic rings. The second-order valence-electron chi connectivity index (χ2n) is 3.96. The predicted molar refractivity (Wildman–Crippen MR) is 61.9 cm³/mol. The molecule has 0 fully saturated rings. The van der Waals surface area contributed by atoms with Gasteiger partial charge in [0.25, 0.3) is 5.56 Å². The average molecular weight is 209 g/mol. The third-order valence-electron chi connectivity index (χ3n) is 2.46. The first-order valence-electron chi connectivity index (χ1n) is 5.10. The van der Waals surface area contributed by atoms with Crippen LogP contribution in [0.3, 0.4) is 0 Å². The maximum atomic E-state index is 11.9. The van der Waals surface area contributed by atoms with Gasteiger partial charge in [0.15, 0.2) is 0 Å². The standard InChI is InChI=1S/C11H19N3O/c1-9-4-5-10(8-12)11(15)14(9)7-6-13(2)3/h4-5H,6-8,12H2,1-3H3. The molecule has 0 spiro atoms. The minimum atomic E-state index is 0.0411. The third-order valence-corrected chi connectivity index (χ3v) is 2.46. The van der Waals surface area contributed by atoms with E-state index in [9.17, 15) is 4.79 Å². The normalized spacial score (nSPS) is 11.0. The summed E-state index contributed by atoms with van der Waals surface area (Å²) in [6.07, 6.45) is 0. The summed E-state index contributed by atoms with van der Waals surface area (Å²) in [6.45, 7) is 3.82. The van der Waals surface area contributed by atoms with E-state index in [4.69, 9.17) is 5.73 Å². The molecule has 0 atom stereocenters. The molecule has 15 heavy (non-hydrogen) atoms. The topological polar surface area (TPSA) is 51.3 Å². The molecule has 0 aliphatic carbocycles. The van der Waals surface area contributed by atoms with E-state index in [1.165, 1.54) is 0 Å². The van der Waals surface area contributed by atoms with E-state index in [1.54, 1.807) is 4.57 Å². The van der Waals surface area contributed by atoms with Gasteiger partial charge in [-0.3, -0.25) is 4.79 Å². The Labute approximate surface area is 90.3 Å². The summed E-state index contributed by atoms with van der Waals surface area (Å²) in [4.78, 5) is 14.0. The molecule has 0 aromatic carbocycles. The van der Waals surface area contributed by atoms with Crippen molar-refractivity contribution in [3.05, 3.63) is 33.7 Å². The van der Waals surface area contributed by atoms with Gasteiger partial charge >= 0.3 is 0 Å². The largest absolute Gasteiger partial charge is 0.326 e. The second kappa shape index (κ2) is 5.09. The summed E-state index contributed by atoms with van der Waals surface area (Å²) in [5.41, 5.74) is 7.21. The van der Waals surface area contributed by atoms with Crippen LogP contribution < -0.4 is 11.3 Å². The smallest absolute Gasteiger partial charge is 0.255 e. The molecule has 1 heterocycles. The number of hydrogen-bond acceptors (Lipinski definition) is 3. The molecular weight excluding hydrogens is 190 g/mol. The Morgan fingerprint density at radius 3 is 2.60 bits per heavy atom. The summed E-state index contributed by atoms with van der Waals surface area (Å²) in [5, 5.41) is 0. The molecule has 0 unspecified atom stereocenters. The Kier molecular flexibility index (Phi) is 4.05. The van der Waals surface area contributed by atoms with Gasteiger partial charge in [0, 0.05) is 30.9 Å². The Morgan fingerprint density at radius 2 is 2.07 bits per heavy atom. The zero-order chi connectivity index (χ0) is 11.4. The monoisotopic (exact) mass is 209 g/mol. The SMILES string of the molecule is Cc1ccc(CN)c(=O)n1CCN(C)C. The van der Waals surface area contributed by atoms with Gasteiger partial charge in [-0.05, 0) is 27.1 Å². The van der Waals surface area contributed by atoms with Gasteiger partial charge in [-0.25, -0.2) is 0 Å². The summed E-state index contributed by atoms with van der Waals surface area (Å²) in [6, 6.07) is 3.75. The van der Waals surface area contributed by atoms with Crippen LogP contribution in [-0.4, -0.2) is 30.1 Å². The Balaban J connectivity index is 2.99. The van der Waals surface area contributed by atoms with Gasteiger partial charge in [0.05, 0.1) is 0 Å². The number of nitrogens with zero attached hydrogens (tertiary/aromatic N) is 2. The summed E-state index contributed by atoms with van der Waals surface area (Å²) < 4.78 is 1.78. The van der Waals surface area contributed by atoms with Crippen molar-refractivity contribution in [1.29, 1.82) is 0 Å². The van der Waals surface area contributed by atoms with Crippen LogP contribution in [-0.2, 0) is 13.1 Å². The van der Waals surface area contributed by atoms with Crippen LogP contribution in [0.25, 0.3) is 0 Å².